The van der Waals surface area contributed by atoms with Crippen molar-refractivity contribution >= 4 is 17.2 Å². The lowest BCUT2D eigenvalue weighted by Gasteiger charge is -2.38. The second-order valence-electron chi connectivity index (χ2n) is 4.60. The molecule has 6 heteroatoms. The molecule has 0 N–H and O–H groups in total. The van der Waals surface area contributed by atoms with Crippen molar-refractivity contribution in [3.8, 4) is 0 Å². The van der Waals surface area contributed by atoms with Crippen molar-refractivity contribution in [2.24, 2.45) is 5.92 Å². The lowest BCUT2D eigenvalue weighted by atomic mass is 10.00. The molecule has 2 aromatic heterocycles. The van der Waals surface area contributed by atoms with Crippen LogP contribution in [0.3, 0.4) is 0 Å². The fourth-order valence-electron chi connectivity index (χ4n) is 2.15. The van der Waals surface area contributed by atoms with Gasteiger partial charge in [-0.3, -0.25) is 9.48 Å². The third-order valence-electron chi connectivity index (χ3n) is 3.11. The average molecular weight is 262 g/mol. The largest absolute Gasteiger partial charge is 0.337 e. The first kappa shape index (κ1) is 11.4. The van der Waals surface area contributed by atoms with Gasteiger partial charge in [0.15, 0.2) is 0 Å². The standard InChI is InChI=1S/C12H14N4OS/c1-9-2-3-11(18-9)12(17)15-4-10(5-15)6-16-8-13-7-14-16/h2-3,7-8,10H,4-6H2,1H3. The summed E-state index contributed by atoms with van der Waals surface area (Å²) in [6.45, 7) is 4.49. The second-order valence-corrected chi connectivity index (χ2v) is 5.89. The first-order chi connectivity index (χ1) is 8.72. The predicted octanol–water partition coefficient (Wildman–Crippen LogP) is 1.42. The Bertz CT molecular complexity index is 542. The van der Waals surface area contributed by atoms with Crippen LogP contribution in [-0.4, -0.2) is 38.7 Å². The van der Waals surface area contributed by atoms with E-state index in [0.717, 1.165) is 24.5 Å². The molecule has 5 nitrogen and oxygen atoms in total. The van der Waals surface area contributed by atoms with Crippen LogP contribution in [0.1, 0.15) is 14.5 Å². The molecule has 0 unspecified atom stereocenters. The van der Waals surface area contributed by atoms with E-state index in [1.807, 2.05) is 28.6 Å². The Morgan fingerprint density at radius 1 is 1.50 bits per heavy atom. The van der Waals surface area contributed by atoms with Crippen LogP contribution in [0.2, 0.25) is 0 Å². The van der Waals surface area contributed by atoms with Crippen molar-refractivity contribution < 1.29 is 4.79 Å². The van der Waals surface area contributed by atoms with Crippen LogP contribution in [0.25, 0.3) is 0 Å². The number of likely N-dealkylation sites (tertiary alicyclic amines) is 1. The number of nitrogens with zero attached hydrogens (tertiary/aromatic N) is 4. The molecule has 1 fully saturated rings. The molecule has 0 spiro atoms. The number of hydrogen-bond donors (Lipinski definition) is 0. The number of carbonyl (C=O) groups excluding carboxylic acids is 1. The molecule has 18 heavy (non-hydrogen) atoms. The molecule has 3 rings (SSSR count). The van der Waals surface area contributed by atoms with Crippen LogP contribution < -0.4 is 0 Å². The zero-order valence-corrected chi connectivity index (χ0v) is 10.9. The van der Waals surface area contributed by atoms with Crippen molar-refractivity contribution in [1.82, 2.24) is 19.7 Å². The molecule has 94 valence electrons. The van der Waals surface area contributed by atoms with Gasteiger partial charge in [0.1, 0.15) is 12.7 Å². The fraction of sp³-hybridized carbons (Fsp3) is 0.417. The number of rotatable bonds is 3. The number of carbonyl (C=O) groups is 1. The minimum atomic E-state index is 0.156. The van der Waals surface area contributed by atoms with E-state index in [-0.39, 0.29) is 5.91 Å². The maximum absolute atomic E-state index is 12.1. The highest BCUT2D eigenvalue weighted by Gasteiger charge is 2.31. The topological polar surface area (TPSA) is 51.0 Å². The molecule has 0 aromatic carbocycles. The summed E-state index contributed by atoms with van der Waals surface area (Å²) in [6.07, 6.45) is 3.25. The van der Waals surface area contributed by atoms with Gasteiger partial charge in [0.05, 0.1) is 4.88 Å². The normalized spacial score (nSPS) is 15.7. The van der Waals surface area contributed by atoms with Gasteiger partial charge < -0.3 is 4.90 Å². The van der Waals surface area contributed by atoms with E-state index in [9.17, 15) is 4.79 Å². The van der Waals surface area contributed by atoms with E-state index >= 15 is 0 Å². The van der Waals surface area contributed by atoms with Crippen LogP contribution in [0, 0.1) is 12.8 Å². The van der Waals surface area contributed by atoms with Gasteiger partial charge in [0.25, 0.3) is 5.91 Å². The molecule has 0 aliphatic carbocycles. The Morgan fingerprint density at radius 2 is 2.33 bits per heavy atom. The van der Waals surface area contributed by atoms with Crippen molar-refractivity contribution in [3.63, 3.8) is 0 Å². The first-order valence-electron chi connectivity index (χ1n) is 5.90. The highest BCUT2D eigenvalue weighted by atomic mass is 32.1. The zero-order valence-electron chi connectivity index (χ0n) is 10.1. The van der Waals surface area contributed by atoms with Gasteiger partial charge in [-0.1, -0.05) is 0 Å². The number of aromatic nitrogens is 3. The molecule has 0 atom stereocenters. The molecule has 1 amide bonds. The van der Waals surface area contributed by atoms with Gasteiger partial charge in [-0.15, -0.1) is 11.3 Å². The summed E-state index contributed by atoms with van der Waals surface area (Å²) in [6, 6.07) is 3.90. The highest BCUT2D eigenvalue weighted by molar-refractivity contribution is 7.13. The third-order valence-corrected chi connectivity index (χ3v) is 4.10. The molecule has 3 heterocycles. The smallest absolute Gasteiger partial charge is 0.263 e. The van der Waals surface area contributed by atoms with Crippen LogP contribution in [0.15, 0.2) is 24.8 Å². The van der Waals surface area contributed by atoms with Gasteiger partial charge in [0, 0.05) is 30.4 Å². The summed E-state index contributed by atoms with van der Waals surface area (Å²) >= 11 is 1.56. The maximum Gasteiger partial charge on any atom is 0.263 e. The van der Waals surface area contributed by atoms with Gasteiger partial charge in [0.2, 0.25) is 0 Å². The molecular formula is C12H14N4OS. The summed E-state index contributed by atoms with van der Waals surface area (Å²) in [5, 5.41) is 4.07. The number of amides is 1. The van der Waals surface area contributed by atoms with E-state index in [2.05, 4.69) is 10.1 Å². The number of aryl methyl sites for hydroxylation is 1. The number of thiophene rings is 1. The molecular weight excluding hydrogens is 248 g/mol. The van der Waals surface area contributed by atoms with Crippen molar-refractivity contribution in [2.45, 2.75) is 13.5 Å². The Balaban J connectivity index is 1.54. The minimum Gasteiger partial charge on any atom is -0.337 e. The molecule has 1 saturated heterocycles. The van der Waals surface area contributed by atoms with Crippen LogP contribution in [0.5, 0.6) is 0 Å². The van der Waals surface area contributed by atoms with Crippen LogP contribution in [0.4, 0.5) is 0 Å². The van der Waals surface area contributed by atoms with Gasteiger partial charge in [-0.25, -0.2) is 4.98 Å². The van der Waals surface area contributed by atoms with E-state index in [4.69, 9.17) is 0 Å². The van der Waals surface area contributed by atoms with Gasteiger partial charge >= 0.3 is 0 Å². The van der Waals surface area contributed by atoms with Crippen molar-refractivity contribution in [1.29, 1.82) is 0 Å². The van der Waals surface area contributed by atoms with E-state index in [1.54, 1.807) is 17.7 Å². The second kappa shape index (κ2) is 4.53. The fourth-order valence-corrected chi connectivity index (χ4v) is 2.98. The molecule has 0 saturated carbocycles. The van der Waals surface area contributed by atoms with Gasteiger partial charge in [-0.05, 0) is 19.1 Å². The van der Waals surface area contributed by atoms with Crippen LogP contribution in [-0.2, 0) is 6.54 Å². The molecule has 2 aromatic rings. The predicted molar refractivity (Wildman–Crippen MR) is 68.5 cm³/mol. The Labute approximate surface area is 109 Å². The summed E-state index contributed by atoms with van der Waals surface area (Å²) in [7, 11) is 0. The molecule has 0 bridgehead atoms. The SMILES string of the molecule is Cc1ccc(C(=O)N2CC(Cn3cncn3)C2)s1. The minimum absolute atomic E-state index is 0.156. The van der Waals surface area contributed by atoms with Crippen LogP contribution >= 0.6 is 11.3 Å². The average Bonchev–Trinajstić information content (AvgIpc) is 2.93. The van der Waals surface area contributed by atoms with Crippen molar-refractivity contribution in [2.75, 3.05) is 13.1 Å². The summed E-state index contributed by atoms with van der Waals surface area (Å²) < 4.78 is 1.82. The quantitative estimate of drug-likeness (QED) is 0.840. The molecule has 1 aliphatic heterocycles. The highest BCUT2D eigenvalue weighted by Crippen LogP contribution is 2.23. The Hall–Kier alpha value is -1.69. The van der Waals surface area contributed by atoms with E-state index in [0.29, 0.717) is 5.92 Å². The summed E-state index contributed by atoms with van der Waals surface area (Å²) in [5.41, 5.74) is 0. The lowest BCUT2D eigenvalue weighted by Crippen LogP contribution is -2.51. The summed E-state index contributed by atoms with van der Waals surface area (Å²) in [4.78, 5) is 19.9. The zero-order chi connectivity index (χ0) is 12.5. The van der Waals surface area contributed by atoms with E-state index in [1.165, 1.54) is 11.2 Å². The molecule has 0 radical (unpaired) electrons. The van der Waals surface area contributed by atoms with Crippen molar-refractivity contribution in [3.05, 3.63) is 34.5 Å². The van der Waals surface area contributed by atoms with Gasteiger partial charge in [-0.2, -0.15) is 5.10 Å². The summed E-state index contributed by atoms with van der Waals surface area (Å²) in [5.74, 6) is 0.652. The lowest BCUT2D eigenvalue weighted by molar-refractivity contribution is 0.0466. The molecule has 1 aliphatic rings. The van der Waals surface area contributed by atoms with E-state index < -0.39 is 0 Å². The monoisotopic (exact) mass is 262 g/mol. The Morgan fingerprint density at radius 3 is 2.94 bits per heavy atom. The Kier molecular flexibility index (Phi) is 2.87. The first-order valence-corrected chi connectivity index (χ1v) is 6.72. The third kappa shape index (κ3) is 2.15. The maximum atomic E-state index is 12.1. The number of hydrogen-bond acceptors (Lipinski definition) is 4.